The van der Waals surface area contributed by atoms with Gasteiger partial charge >= 0.3 is 5.97 Å². The normalized spacial score (nSPS) is 17.2. The summed E-state index contributed by atoms with van der Waals surface area (Å²) >= 11 is 3.27. The van der Waals surface area contributed by atoms with Crippen LogP contribution in [0.5, 0.6) is 0 Å². The number of ether oxygens (including phenoxy) is 1. The molecule has 1 aliphatic rings. The highest BCUT2D eigenvalue weighted by atomic mass is 79.9. The number of rotatable bonds is 4. The Morgan fingerprint density at radius 3 is 2.62 bits per heavy atom. The van der Waals surface area contributed by atoms with Crippen LogP contribution in [0.2, 0.25) is 0 Å². The number of carboxylic acids is 1. The lowest BCUT2D eigenvalue weighted by Crippen LogP contribution is -2.46. The number of amides is 1. The van der Waals surface area contributed by atoms with Crippen LogP contribution < -0.4 is 11.1 Å². The zero-order chi connectivity index (χ0) is 15.5. The van der Waals surface area contributed by atoms with E-state index in [1.807, 2.05) is 0 Å². The van der Waals surface area contributed by atoms with Gasteiger partial charge in [0, 0.05) is 29.9 Å². The van der Waals surface area contributed by atoms with Gasteiger partial charge in [0.25, 0.3) is 5.91 Å². The van der Waals surface area contributed by atoms with E-state index in [1.54, 1.807) is 18.2 Å². The van der Waals surface area contributed by atoms with E-state index in [0.717, 1.165) is 4.47 Å². The molecule has 0 spiro atoms. The molecule has 114 valence electrons. The smallest absolute Gasteiger partial charge is 0.311 e. The zero-order valence-electron chi connectivity index (χ0n) is 11.4. The Balaban J connectivity index is 2.07. The van der Waals surface area contributed by atoms with E-state index in [-0.39, 0.29) is 12.5 Å². The van der Waals surface area contributed by atoms with E-state index in [2.05, 4.69) is 21.2 Å². The summed E-state index contributed by atoms with van der Waals surface area (Å²) < 4.78 is 5.98. The van der Waals surface area contributed by atoms with Gasteiger partial charge in [-0.3, -0.25) is 9.59 Å². The van der Waals surface area contributed by atoms with Crippen LogP contribution in [0.3, 0.4) is 0 Å². The molecule has 2 rings (SSSR count). The number of anilines is 1. The van der Waals surface area contributed by atoms with Crippen LogP contribution in [0.25, 0.3) is 0 Å². The Kier molecular flexibility index (Phi) is 4.84. The minimum atomic E-state index is -0.960. The van der Waals surface area contributed by atoms with Crippen LogP contribution >= 0.6 is 15.9 Å². The van der Waals surface area contributed by atoms with Gasteiger partial charge in [-0.15, -0.1) is 0 Å². The molecule has 1 aromatic carbocycles. The van der Waals surface area contributed by atoms with Gasteiger partial charge in [-0.05, 0) is 31.0 Å². The first kappa shape index (κ1) is 15.8. The Bertz CT molecular complexity index is 556. The molecule has 1 aliphatic heterocycles. The van der Waals surface area contributed by atoms with Crippen LogP contribution in [-0.2, 0) is 9.53 Å². The molecule has 0 radical (unpaired) electrons. The van der Waals surface area contributed by atoms with Crippen LogP contribution in [0.1, 0.15) is 23.2 Å². The summed E-state index contributed by atoms with van der Waals surface area (Å²) in [5.41, 5.74) is 5.52. The molecule has 0 aromatic heterocycles. The van der Waals surface area contributed by atoms with Crippen molar-refractivity contribution >= 4 is 33.5 Å². The average Bonchev–Trinajstić information content (AvgIpc) is 2.45. The molecule has 1 fully saturated rings. The van der Waals surface area contributed by atoms with Gasteiger partial charge in [0.05, 0.1) is 11.0 Å². The van der Waals surface area contributed by atoms with E-state index in [4.69, 9.17) is 10.5 Å². The maximum atomic E-state index is 12.2. The molecule has 7 heteroatoms. The Hall–Kier alpha value is -1.60. The number of nitrogen functional groups attached to an aromatic ring is 1. The quantitative estimate of drug-likeness (QED) is 0.711. The molecule has 6 nitrogen and oxygen atoms in total. The van der Waals surface area contributed by atoms with Gasteiger partial charge in [-0.2, -0.15) is 0 Å². The maximum absolute atomic E-state index is 12.2. The monoisotopic (exact) mass is 356 g/mol. The molecule has 1 aromatic rings. The number of carboxylic acid groups (broad SMARTS) is 1. The first-order chi connectivity index (χ1) is 9.94. The molecule has 1 amide bonds. The van der Waals surface area contributed by atoms with Crippen molar-refractivity contribution in [2.45, 2.75) is 12.8 Å². The summed E-state index contributed by atoms with van der Waals surface area (Å²) in [7, 11) is 0. The minimum Gasteiger partial charge on any atom is -0.481 e. The zero-order valence-corrected chi connectivity index (χ0v) is 13.0. The highest BCUT2D eigenvalue weighted by molar-refractivity contribution is 9.10. The van der Waals surface area contributed by atoms with Crippen LogP contribution in [0.4, 0.5) is 5.69 Å². The summed E-state index contributed by atoms with van der Waals surface area (Å²) in [6.07, 6.45) is 0.775. The van der Waals surface area contributed by atoms with Crippen LogP contribution in [-0.4, -0.2) is 36.7 Å². The topological polar surface area (TPSA) is 102 Å². The average molecular weight is 357 g/mol. The lowest BCUT2D eigenvalue weighted by Gasteiger charge is -2.33. The number of carbonyl (C=O) groups excluding carboxylic acids is 1. The Labute approximate surface area is 130 Å². The highest BCUT2D eigenvalue weighted by Gasteiger charge is 2.40. The summed E-state index contributed by atoms with van der Waals surface area (Å²) in [4.78, 5) is 23.7. The molecule has 0 unspecified atom stereocenters. The van der Waals surface area contributed by atoms with Crippen molar-refractivity contribution in [3.8, 4) is 0 Å². The van der Waals surface area contributed by atoms with Gasteiger partial charge in [0.15, 0.2) is 0 Å². The van der Waals surface area contributed by atoms with Crippen molar-refractivity contribution in [3.63, 3.8) is 0 Å². The van der Waals surface area contributed by atoms with Crippen LogP contribution in [0.15, 0.2) is 22.7 Å². The predicted octanol–water partition coefficient (Wildman–Crippen LogP) is 1.64. The lowest BCUT2D eigenvalue weighted by atomic mass is 9.80. The number of halogens is 1. The first-order valence-corrected chi connectivity index (χ1v) is 7.38. The third kappa shape index (κ3) is 3.54. The number of benzene rings is 1. The van der Waals surface area contributed by atoms with Crippen molar-refractivity contribution in [2.75, 3.05) is 25.5 Å². The van der Waals surface area contributed by atoms with Gasteiger partial charge in [0.2, 0.25) is 0 Å². The van der Waals surface area contributed by atoms with Crippen molar-refractivity contribution in [2.24, 2.45) is 5.41 Å². The van der Waals surface area contributed by atoms with Crippen molar-refractivity contribution in [1.29, 1.82) is 0 Å². The number of hydrogen-bond acceptors (Lipinski definition) is 4. The molecular weight excluding hydrogens is 340 g/mol. The SMILES string of the molecule is Nc1cc(Br)ccc1C(=O)NCC1(C(=O)O)CCOCC1. The molecular formula is C14H17BrN2O4. The summed E-state index contributed by atoms with van der Waals surface area (Å²) in [5.74, 6) is -1.28. The van der Waals surface area contributed by atoms with E-state index < -0.39 is 11.4 Å². The third-order valence-electron chi connectivity index (χ3n) is 3.75. The number of aliphatic carboxylic acids is 1. The summed E-state index contributed by atoms with van der Waals surface area (Å²) in [5, 5.41) is 12.1. The molecule has 21 heavy (non-hydrogen) atoms. The lowest BCUT2D eigenvalue weighted by molar-refractivity contribution is -0.154. The second-order valence-electron chi connectivity index (χ2n) is 5.11. The first-order valence-electron chi connectivity index (χ1n) is 6.59. The van der Waals surface area contributed by atoms with Gasteiger partial charge in [-0.1, -0.05) is 15.9 Å². The Morgan fingerprint density at radius 2 is 2.05 bits per heavy atom. The maximum Gasteiger partial charge on any atom is 0.311 e. The largest absolute Gasteiger partial charge is 0.481 e. The van der Waals surface area contributed by atoms with Gasteiger partial charge in [0.1, 0.15) is 0 Å². The number of nitrogens with two attached hydrogens (primary N) is 1. The minimum absolute atomic E-state index is 0.0695. The standard InChI is InChI=1S/C14H17BrN2O4/c15-9-1-2-10(11(16)7-9)12(18)17-8-14(13(19)20)3-5-21-6-4-14/h1-2,7H,3-6,8,16H2,(H,17,18)(H,19,20). The van der Waals surface area contributed by atoms with Crippen molar-refractivity contribution in [1.82, 2.24) is 5.32 Å². The number of carbonyl (C=O) groups is 2. The fraction of sp³-hybridized carbons (Fsp3) is 0.429. The van der Waals surface area contributed by atoms with E-state index >= 15 is 0 Å². The van der Waals surface area contributed by atoms with Crippen LogP contribution in [0, 0.1) is 5.41 Å². The molecule has 1 saturated heterocycles. The fourth-order valence-corrected chi connectivity index (χ4v) is 2.69. The fourth-order valence-electron chi connectivity index (χ4n) is 2.31. The molecule has 0 saturated carbocycles. The molecule has 1 heterocycles. The third-order valence-corrected chi connectivity index (χ3v) is 4.24. The Morgan fingerprint density at radius 1 is 1.38 bits per heavy atom. The van der Waals surface area contributed by atoms with E-state index in [1.165, 1.54) is 0 Å². The van der Waals surface area contributed by atoms with Gasteiger partial charge < -0.3 is 20.9 Å². The van der Waals surface area contributed by atoms with E-state index in [9.17, 15) is 14.7 Å². The number of nitrogens with one attached hydrogen (secondary N) is 1. The van der Waals surface area contributed by atoms with Gasteiger partial charge in [-0.25, -0.2) is 0 Å². The molecule has 4 N–H and O–H groups in total. The molecule has 0 atom stereocenters. The molecule has 0 aliphatic carbocycles. The number of hydrogen-bond donors (Lipinski definition) is 3. The highest BCUT2D eigenvalue weighted by Crippen LogP contribution is 2.30. The summed E-state index contributed by atoms with van der Waals surface area (Å²) in [6.45, 7) is 0.852. The van der Waals surface area contributed by atoms with Crippen molar-refractivity contribution in [3.05, 3.63) is 28.2 Å². The van der Waals surface area contributed by atoms with Crippen molar-refractivity contribution < 1.29 is 19.4 Å². The second-order valence-corrected chi connectivity index (χ2v) is 6.03. The van der Waals surface area contributed by atoms with E-state index in [0.29, 0.717) is 37.3 Å². The summed E-state index contributed by atoms with van der Waals surface area (Å²) in [6, 6.07) is 4.95. The predicted molar refractivity (Wildman–Crippen MR) is 81.0 cm³/mol. The molecule has 0 bridgehead atoms. The second kappa shape index (κ2) is 6.44.